The zero-order valence-electron chi connectivity index (χ0n) is 15.5. The smallest absolute Gasteiger partial charge is 0.329 e. The molecule has 4 nitrogen and oxygen atoms in total. The molecule has 2 aromatic rings. The second kappa shape index (κ2) is 7.12. The van der Waals surface area contributed by atoms with Crippen LogP contribution in [-0.2, 0) is 10.2 Å². The van der Waals surface area contributed by atoms with Crippen LogP contribution in [-0.4, -0.2) is 23.7 Å². The molecule has 2 N–H and O–H groups in total. The van der Waals surface area contributed by atoms with Gasteiger partial charge in [-0.1, -0.05) is 39.7 Å². The maximum atomic E-state index is 12.2. The minimum absolute atomic E-state index is 0.170. The van der Waals surface area contributed by atoms with E-state index in [1.807, 2.05) is 24.3 Å². The number of nitrogens with one attached hydrogen (secondary N) is 1. The van der Waals surface area contributed by atoms with Gasteiger partial charge in [0.05, 0.1) is 7.11 Å². The summed E-state index contributed by atoms with van der Waals surface area (Å²) >= 11 is 9.84. The number of hydrogen-bond acceptors (Lipinski definition) is 3. The summed E-state index contributed by atoms with van der Waals surface area (Å²) in [5, 5.41) is 13.9. The largest absolute Gasteiger partial charge is 0.497 e. The Balaban J connectivity index is 1.63. The molecule has 6 heteroatoms. The molecule has 0 amide bonds. The predicted octanol–water partition coefficient (Wildman–Crippen LogP) is 5.85. The van der Waals surface area contributed by atoms with Crippen LogP contribution in [0.4, 0.5) is 5.69 Å². The molecule has 1 fully saturated rings. The first-order valence-electron chi connectivity index (χ1n) is 9.22. The van der Waals surface area contributed by atoms with E-state index in [2.05, 4.69) is 33.4 Å². The van der Waals surface area contributed by atoms with Crippen LogP contribution in [0.25, 0.3) is 6.08 Å². The minimum Gasteiger partial charge on any atom is -0.497 e. The highest BCUT2D eigenvalue weighted by Crippen LogP contribution is 2.55. The van der Waals surface area contributed by atoms with E-state index in [0.29, 0.717) is 17.9 Å². The lowest BCUT2D eigenvalue weighted by Crippen LogP contribution is -2.52. The fourth-order valence-corrected chi connectivity index (χ4v) is 5.52. The number of carboxylic acid groups (broad SMARTS) is 1. The molecule has 2 aliphatic carbocycles. The van der Waals surface area contributed by atoms with E-state index >= 15 is 0 Å². The van der Waals surface area contributed by atoms with Crippen LogP contribution in [0.2, 0.25) is 5.02 Å². The van der Waals surface area contributed by atoms with E-state index in [9.17, 15) is 9.90 Å². The molecule has 0 aliphatic heterocycles. The van der Waals surface area contributed by atoms with Crippen LogP contribution in [0, 0.1) is 0 Å². The molecule has 28 heavy (non-hydrogen) atoms. The van der Waals surface area contributed by atoms with Crippen molar-refractivity contribution in [2.45, 2.75) is 36.6 Å². The molecule has 0 bridgehead atoms. The third-order valence-electron chi connectivity index (χ3n) is 6.09. The molecule has 2 aromatic carbocycles. The Morgan fingerprint density at radius 2 is 1.93 bits per heavy atom. The SMILES string of the molecule is COc1ccc2c(c1)C=C(Br)C21CCC(Nc2cccc(Cl)c2)(C(=O)O)CC1. The summed E-state index contributed by atoms with van der Waals surface area (Å²) in [7, 11) is 1.66. The zero-order valence-corrected chi connectivity index (χ0v) is 17.8. The highest BCUT2D eigenvalue weighted by molar-refractivity contribution is 9.11. The van der Waals surface area contributed by atoms with Gasteiger partial charge in [-0.3, -0.25) is 0 Å². The van der Waals surface area contributed by atoms with Gasteiger partial charge in [0.15, 0.2) is 0 Å². The van der Waals surface area contributed by atoms with E-state index < -0.39 is 11.5 Å². The van der Waals surface area contributed by atoms with Gasteiger partial charge in [-0.05, 0) is 73.2 Å². The Morgan fingerprint density at radius 1 is 1.18 bits per heavy atom. The fraction of sp³-hybridized carbons (Fsp3) is 0.318. The van der Waals surface area contributed by atoms with Gasteiger partial charge in [-0.2, -0.15) is 0 Å². The number of ether oxygens (including phenoxy) is 1. The van der Waals surface area contributed by atoms with Crippen molar-refractivity contribution >= 4 is 45.3 Å². The number of hydrogen-bond donors (Lipinski definition) is 2. The second-order valence-corrected chi connectivity index (χ2v) is 8.84. The lowest BCUT2D eigenvalue weighted by atomic mass is 9.65. The van der Waals surface area contributed by atoms with Gasteiger partial charge in [0.1, 0.15) is 11.3 Å². The van der Waals surface area contributed by atoms with Crippen molar-refractivity contribution in [3.63, 3.8) is 0 Å². The number of anilines is 1. The monoisotopic (exact) mass is 461 g/mol. The number of benzene rings is 2. The standard InChI is InChI=1S/C22H21BrClNO3/c1-28-17-5-6-18-14(11-17)12-19(23)21(18)7-9-22(10-8-21,20(26)27)25-16-4-2-3-15(24)13-16/h2-6,11-13,25H,7-10H2,1H3,(H,26,27). The maximum absolute atomic E-state index is 12.2. The summed E-state index contributed by atoms with van der Waals surface area (Å²) in [5.41, 5.74) is 1.94. The molecule has 1 spiro atoms. The first-order valence-corrected chi connectivity index (χ1v) is 10.4. The van der Waals surface area contributed by atoms with E-state index in [1.165, 1.54) is 5.56 Å². The average molecular weight is 463 g/mol. The summed E-state index contributed by atoms with van der Waals surface area (Å²) in [5.74, 6) is 0.000967. The molecule has 146 valence electrons. The Bertz CT molecular complexity index is 964. The number of fused-ring (bicyclic) bond motifs is 2. The summed E-state index contributed by atoms with van der Waals surface area (Å²) in [6.07, 6.45) is 4.65. The van der Waals surface area contributed by atoms with E-state index in [4.69, 9.17) is 16.3 Å². The van der Waals surface area contributed by atoms with Crippen molar-refractivity contribution < 1.29 is 14.6 Å². The van der Waals surface area contributed by atoms with Crippen molar-refractivity contribution in [2.75, 3.05) is 12.4 Å². The van der Waals surface area contributed by atoms with Crippen molar-refractivity contribution in [3.05, 3.63) is 63.1 Å². The first-order chi connectivity index (χ1) is 13.4. The number of carbonyl (C=O) groups is 1. The fourth-order valence-electron chi connectivity index (χ4n) is 4.47. The lowest BCUT2D eigenvalue weighted by molar-refractivity contribution is -0.143. The highest BCUT2D eigenvalue weighted by atomic mass is 79.9. The Labute approximate surface area is 177 Å². The maximum Gasteiger partial charge on any atom is 0.329 e. The normalized spacial score (nSPS) is 25.9. The second-order valence-electron chi connectivity index (χ2n) is 7.55. The van der Waals surface area contributed by atoms with Crippen LogP contribution < -0.4 is 10.1 Å². The molecule has 2 aliphatic rings. The number of aliphatic carboxylic acids is 1. The van der Waals surface area contributed by atoms with Gasteiger partial charge in [0.2, 0.25) is 0 Å². The molecule has 0 saturated heterocycles. The lowest BCUT2D eigenvalue weighted by Gasteiger charge is -2.44. The zero-order chi connectivity index (χ0) is 19.9. The summed E-state index contributed by atoms with van der Waals surface area (Å²) < 4.78 is 6.46. The van der Waals surface area contributed by atoms with Crippen molar-refractivity contribution in [1.29, 1.82) is 0 Å². The first kappa shape index (κ1) is 19.3. The number of rotatable bonds is 4. The molecule has 0 aromatic heterocycles. The van der Waals surface area contributed by atoms with Crippen molar-refractivity contribution in [2.24, 2.45) is 0 Å². The van der Waals surface area contributed by atoms with Crippen LogP contribution in [0.15, 0.2) is 46.9 Å². The molecule has 1 saturated carbocycles. The van der Waals surface area contributed by atoms with Gasteiger partial charge < -0.3 is 15.2 Å². The summed E-state index contributed by atoms with van der Waals surface area (Å²) in [6.45, 7) is 0. The molecule has 0 atom stereocenters. The van der Waals surface area contributed by atoms with Crippen molar-refractivity contribution in [3.8, 4) is 5.75 Å². The van der Waals surface area contributed by atoms with E-state index in [1.54, 1.807) is 19.2 Å². The molecular weight excluding hydrogens is 442 g/mol. The summed E-state index contributed by atoms with van der Waals surface area (Å²) in [4.78, 5) is 12.2. The highest BCUT2D eigenvalue weighted by Gasteiger charge is 2.51. The molecular formula is C22H21BrClNO3. The van der Waals surface area contributed by atoms with Gasteiger partial charge in [-0.15, -0.1) is 0 Å². The molecule has 0 radical (unpaired) electrons. The molecule has 0 unspecified atom stereocenters. The number of allylic oxidation sites excluding steroid dienone is 1. The Morgan fingerprint density at radius 3 is 2.57 bits per heavy atom. The van der Waals surface area contributed by atoms with Crippen molar-refractivity contribution in [1.82, 2.24) is 0 Å². The predicted molar refractivity (Wildman–Crippen MR) is 115 cm³/mol. The minimum atomic E-state index is -1.00. The van der Waals surface area contributed by atoms with Gasteiger partial charge in [-0.25, -0.2) is 4.79 Å². The van der Waals surface area contributed by atoms with Crippen LogP contribution in [0.3, 0.4) is 0 Å². The van der Waals surface area contributed by atoms with Crippen LogP contribution >= 0.6 is 27.5 Å². The quantitative estimate of drug-likeness (QED) is 0.599. The third-order valence-corrected chi connectivity index (χ3v) is 7.31. The Hall–Kier alpha value is -1.98. The third kappa shape index (κ3) is 3.11. The number of carboxylic acids is 1. The number of halogens is 2. The van der Waals surface area contributed by atoms with Gasteiger partial charge >= 0.3 is 5.97 Å². The van der Waals surface area contributed by atoms with Gasteiger partial charge in [0, 0.05) is 20.6 Å². The summed E-state index contributed by atoms with van der Waals surface area (Å²) in [6, 6.07) is 13.3. The number of methoxy groups -OCH3 is 1. The van der Waals surface area contributed by atoms with Crippen LogP contribution in [0.1, 0.15) is 36.8 Å². The topological polar surface area (TPSA) is 58.6 Å². The van der Waals surface area contributed by atoms with Crippen LogP contribution in [0.5, 0.6) is 5.75 Å². The Kier molecular flexibility index (Phi) is 4.92. The average Bonchev–Trinajstić information content (AvgIpc) is 2.94. The van der Waals surface area contributed by atoms with Gasteiger partial charge in [0.25, 0.3) is 0 Å². The molecule has 0 heterocycles. The molecule has 4 rings (SSSR count). The van der Waals surface area contributed by atoms with E-state index in [0.717, 1.165) is 34.3 Å². The van der Waals surface area contributed by atoms with E-state index in [-0.39, 0.29) is 5.41 Å².